The summed E-state index contributed by atoms with van der Waals surface area (Å²) in [4.78, 5) is 5.07. The van der Waals surface area contributed by atoms with Crippen LogP contribution in [0.1, 0.15) is 57.8 Å². The largest absolute Gasteiger partial charge is 0.385 e. The van der Waals surface area contributed by atoms with E-state index in [2.05, 4.69) is 16.8 Å². The van der Waals surface area contributed by atoms with Crippen LogP contribution in [0.2, 0.25) is 0 Å². The SMILES string of the molecule is COCCCCCCCCCCCN1CCN(C)CC1. The lowest BCUT2D eigenvalue weighted by Crippen LogP contribution is -2.44. The van der Waals surface area contributed by atoms with E-state index >= 15 is 0 Å². The summed E-state index contributed by atoms with van der Waals surface area (Å²) in [6.45, 7) is 7.32. The van der Waals surface area contributed by atoms with E-state index < -0.39 is 0 Å². The molecule has 0 aliphatic carbocycles. The number of rotatable bonds is 12. The number of piperazine rings is 1. The van der Waals surface area contributed by atoms with Crippen molar-refractivity contribution in [2.24, 2.45) is 0 Å². The van der Waals surface area contributed by atoms with Gasteiger partial charge in [0.15, 0.2) is 0 Å². The molecule has 3 heteroatoms. The number of likely N-dealkylation sites (N-methyl/N-ethyl adjacent to an activating group) is 1. The molecule has 120 valence electrons. The van der Waals surface area contributed by atoms with Crippen molar-refractivity contribution < 1.29 is 4.74 Å². The van der Waals surface area contributed by atoms with E-state index in [1.807, 2.05) is 0 Å². The van der Waals surface area contributed by atoms with Crippen LogP contribution in [-0.4, -0.2) is 63.3 Å². The van der Waals surface area contributed by atoms with E-state index in [4.69, 9.17) is 4.74 Å². The van der Waals surface area contributed by atoms with Gasteiger partial charge in [0.2, 0.25) is 0 Å². The summed E-state index contributed by atoms with van der Waals surface area (Å²) in [7, 11) is 4.02. The summed E-state index contributed by atoms with van der Waals surface area (Å²) in [5.41, 5.74) is 0. The smallest absolute Gasteiger partial charge is 0.0462 e. The molecule has 0 N–H and O–H groups in total. The van der Waals surface area contributed by atoms with Gasteiger partial charge < -0.3 is 14.5 Å². The van der Waals surface area contributed by atoms with Gasteiger partial charge in [-0.25, -0.2) is 0 Å². The van der Waals surface area contributed by atoms with Crippen LogP contribution in [0.25, 0.3) is 0 Å². The van der Waals surface area contributed by atoms with Gasteiger partial charge in [0, 0.05) is 39.9 Å². The molecular weight excluding hydrogens is 248 g/mol. The van der Waals surface area contributed by atoms with Gasteiger partial charge in [-0.05, 0) is 26.4 Å². The molecule has 1 aliphatic rings. The van der Waals surface area contributed by atoms with Gasteiger partial charge in [0.25, 0.3) is 0 Å². The number of ether oxygens (including phenoxy) is 1. The quantitative estimate of drug-likeness (QED) is 0.511. The Morgan fingerprint density at radius 2 is 1.20 bits per heavy atom. The second-order valence-electron chi connectivity index (χ2n) is 6.32. The van der Waals surface area contributed by atoms with Crippen LogP contribution in [-0.2, 0) is 4.74 Å². The summed E-state index contributed by atoms with van der Waals surface area (Å²) in [5, 5.41) is 0. The summed E-state index contributed by atoms with van der Waals surface area (Å²) in [5.74, 6) is 0. The summed E-state index contributed by atoms with van der Waals surface area (Å²) < 4.78 is 5.06. The molecule has 1 saturated heterocycles. The maximum atomic E-state index is 5.06. The Morgan fingerprint density at radius 1 is 0.700 bits per heavy atom. The first-order valence-corrected chi connectivity index (χ1v) is 8.73. The highest BCUT2D eigenvalue weighted by Crippen LogP contribution is 2.10. The van der Waals surface area contributed by atoms with Gasteiger partial charge in [-0.1, -0.05) is 44.9 Å². The van der Waals surface area contributed by atoms with Crippen LogP contribution in [0.5, 0.6) is 0 Å². The first kappa shape index (κ1) is 17.9. The molecule has 0 atom stereocenters. The summed E-state index contributed by atoms with van der Waals surface area (Å²) in [6.07, 6.45) is 12.5. The maximum absolute atomic E-state index is 5.06. The van der Waals surface area contributed by atoms with Crippen molar-refractivity contribution in [2.75, 3.05) is 53.5 Å². The third kappa shape index (κ3) is 9.73. The Bertz CT molecular complexity index is 203. The lowest BCUT2D eigenvalue weighted by Gasteiger charge is -2.32. The van der Waals surface area contributed by atoms with Gasteiger partial charge in [-0.3, -0.25) is 0 Å². The normalized spacial score (nSPS) is 17.7. The predicted octanol–water partition coefficient (Wildman–Crippen LogP) is 3.39. The molecule has 0 saturated carbocycles. The highest BCUT2D eigenvalue weighted by atomic mass is 16.5. The second-order valence-corrected chi connectivity index (χ2v) is 6.32. The maximum Gasteiger partial charge on any atom is 0.0462 e. The molecule has 0 aromatic rings. The average Bonchev–Trinajstić information content (AvgIpc) is 2.47. The molecule has 0 spiro atoms. The van der Waals surface area contributed by atoms with E-state index in [9.17, 15) is 0 Å². The minimum atomic E-state index is 0.937. The molecule has 0 aromatic carbocycles. The highest BCUT2D eigenvalue weighted by Gasteiger charge is 2.12. The topological polar surface area (TPSA) is 15.7 Å². The minimum Gasteiger partial charge on any atom is -0.385 e. The monoisotopic (exact) mass is 284 g/mol. The number of hydrogen-bond acceptors (Lipinski definition) is 3. The van der Waals surface area contributed by atoms with Crippen molar-refractivity contribution >= 4 is 0 Å². The Kier molecular flexibility index (Phi) is 11.3. The van der Waals surface area contributed by atoms with Crippen LogP contribution in [0.15, 0.2) is 0 Å². The first-order chi connectivity index (χ1) is 9.83. The zero-order valence-corrected chi connectivity index (χ0v) is 13.9. The van der Waals surface area contributed by atoms with E-state index in [1.165, 1.54) is 90.5 Å². The number of hydrogen-bond donors (Lipinski definition) is 0. The van der Waals surface area contributed by atoms with Crippen LogP contribution in [0.3, 0.4) is 0 Å². The molecular formula is C17H36N2O. The Morgan fingerprint density at radius 3 is 1.75 bits per heavy atom. The Hall–Kier alpha value is -0.120. The van der Waals surface area contributed by atoms with Gasteiger partial charge in [0.1, 0.15) is 0 Å². The van der Waals surface area contributed by atoms with Crippen molar-refractivity contribution in [3.05, 3.63) is 0 Å². The van der Waals surface area contributed by atoms with Gasteiger partial charge >= 0.3 is 0 Å². The molecule has 1 heterocycles. The van der Waals surface area contributed by atoms with Crippen LogP contribution >= 0.6 is 0 Å². The zero-order chi connectivity index (χ0) is 14.5. The summed E-state index contributed by atoms with van der Waals surface area (Å²) >= 11 is 0. The standard InChI is InChI=1S/C17H36N2O/c1-18-13-15-19(16-14-18)12-10-8-6-4-3-5-7-9-11-17-20-2/h3-17H2,1-2H3. The Balaban J connectivity index is 1.74. The van der Waals surface area contributed by atoms with Gasteiger partial charge in [-0.2, -0.15) is 0 Å². The van der Waals surface area contributed by atoms with Crippen molar-refractivity contribution in [1.82, 2.24) is 9.80 Å². The van der Waals surface area contributed by atoms with Crippen molar-refractivity contribution in [2.45, 2.75) is 57.8 Å². The fourth-order valence-corrected chi connectivity index (χ4v) is 2.89. The first-order valence-electron chi connectivity index (χ1n) is 8.73. The van der Waals surface area contributed by atoms with Crippen molar-refractivity contribution in [3.8, 4) is 0 Å². The minimum absolute atomic E-state index is 0.937. The number of nitrogens with zero attached hydrogens (tertiary/aromatic N) is 2. The predicted molar refractivity (Wildman–Crippen MR) is 87.4 cm³/mol. The molecule has 0 unspecified atom stereocenters. The van der Waals surface area contributed by atoms with Crippen molar-refractivity contribution in [3.63, 3.8) is 0 Å². The lowest BCUT2D eigenvalue weighted by atomic mass is 10.1. The summed E-state index contributed by atoms with van der Waals surface area (Å²) in [6, 6.07) is 0. The van der Waals surface area contributed by atoms with Crippen LogP contribution in [0, 0.1) is 0 Å². The van der Waals surface area contributed by atoms with Gasteiger partial charge in [-0.15, -0.1) is 0 Å². The van der Waals surface area contributed by atoms with Gasteiger partial charge in [0.05, 0.1) is 0 Å². The van der Waals surface area contributed by atoms with E-state index in [-0.39, 0.29) is 0 Å². The molecule has 0 aromatic heterocycles. The van der Waals surface area contributed by atoms with Crippen molar-refractivity contribution in [1.29, 1.82) is 0 Å². The Labute approximate surface area is 126 Å². The van der Waals surface area contributed by atoms with E-state index in [0.29, 0.717) is 0 Å². The molecule has 20 heavy (non-hydrogen) atoms. The zero-order valence-electron chi connectivity index (χ0n) is 13.9. The molecule has 1 aliphatic heterocycles. The number of methoxy groups -OCH3 is 1. The van der Waals surface area contributed by atoms with E-state index in [0.717, 1.165) is 6.61 Å². The second kappa shape index (κ2) is 12.6. The fraction of sp³-hybridized carbons (Fsp3) is 1.00. The third-order valence-corrected chi connectivity index (χ3v) is 4.42. The molecule has 1 rings (SSSR count). The van der Waals surface area contributed by atoms with E-state index in [1.54, 1.807) is 7.11 Å². The lowest BCUT2D eigenvalue weighted by molar-refractivity contribution is 0.152. The average molecular weight is 284 g/mol. The molecule has 0 amide bonds. The highest BCUT2D eigenvalue weighted by molar-refractivity contribution is 4.68. The molecule has 1 fully saturated rings. The molecule has 0 radical (unpaired) electrons. The number of unbranched alkanes of at least 4 members (excludes halogenated alkanes) is 8. The van der Waals surface area contributed by atoms with Crippen LogP contribution in [0.4, 0.5) is 0 Å². The van der Waals surface area contributed by atoms with Crippen LogP contribution < -0.4 is 0 Å². The third-order valence-electron chi connectivity index (χ3n) is 4.42. The molecule has 0 bridgehead atoms. The fourth-order valence-electron chi connectivity index (χ4n) is 2.89. The molecule has 3 nitrogen and oxygen atoms in total.